The van der Waals surface area contributed by atoms with E-state index in [2.05, 4.69) is 15.9 Å². The molecule has 0 aliphatic rings. The van der Waals surface area contributed by atoms with E-state index in [4.69, 9.17) is 19.9 Å². The van der Waals surface area contributed by atoms with Gasteiger partial charge in [0, 0.05) is 16.6 Å². The van der Waals surface area contributed by atoms with Crippen molar-refractivity contribution in [2.45, 2.75) is 6.54 Å². The maximum atomic E-state index is 5.64. The molecule has 5 heteroatoms. The zero-order valence-corrected chi connectivity index (χ0v) is 10.6. The van der Waals surface area contributed by atoms with Gasteiger partial charge in [-0.1, -0.05) is 15.9 Å². The van der Waals surface area contributed by atoms with E-state index in [1.165, 1.54) is 0 Å². The van der Waals surface area contributed by atoms with Gasteiger partial charge in [0.2, 0.25) is 5.75 Å². The Kier molecular flexibility index (Phi) is 4.23. The largest absolute Gasteiger partial charge is 0.493 e. The lowest BCUT2D eigenvalue weighted by molar-refractivity contribution is 0.322. The number of benzene rings is 1. The lowest BCUT2D eigenvalue weighted by Crippen LogP contribution is -2.04. The monoisotopic (exact) mass is 275 g/mol. The topological polar surface area (TPSA) is 53.7 Å². The van der Waals surface area contributed by atoms with E-state index >= 15 is 0 Å². The van der Waals surface area contributed by atoms with Crippen molar-refractivity contribution >= 4 is 15.9 Å². The number of nitrogens with two attached hydrogens (primary N) is 1. The summed E-state index contributed by atoms with van der Waals surface area (Å²) in [6, 6.07) is 1.81. The van der Waals surface area contributed by atoms with Crippen molar-refractivity contribution in [3.63, 3.8) is 0 Å². The highest BCUT2D eigenvalue weighted by Crippen LogP contribution is 2.43. The lowest BCUT2D eigenvalue weighted by Gasteiger charge is -2.16. The molecule has 0 aliphatic carbocycles. The van der Waals surface area contributed by atoms with Crippen LogP contribution in [0.3, 0.4) is 0 Å². The van der Waals surface area contributed by atoms with E-state index in [9.17, 15) is 0 Å². The number of hydrogen-bond donors (Lipinski definition) is 1. The first-order chi connectivity index (χ1) is 7.19. The van der Waals surface area contributed by atoms with Crippen molar-refractivity contribution in [1.82, 2.24) is 0 Å². The summed E-state index contributed by atoms with van der Waals surface area (Å²) in [6.07, 6.45) is 0. The second kappa shape index (κ2) is 5.23. The highest BCUT2D eigenvalue weighted by atomic mass is 79.9. The van der Waals surface area contributed by atoms with E-state index < -0.39 is 0 Å². The molecule has 84 valence electrons. The Morgan fingerprint density at radius 3 is 2.13 bits per heavy atom. The average molecular weight is 276 g/mol. The van der Waals surface area contributed by atoms with Gasteiger partial charge in [-0.25, -0.2) is 0 Å². The van der Waals surface area contributed by atoms with Crippen LogP contribution in [0.2, 0.25) is 0 Å². The summed E-state index contributed by atoms with van der Waals surface area (Å²) < 4.78 is 16.5. The van der Waals surface area contributed by atoms with Crippen molar-refractivity contribution in [2.24, 2.45) is 5.73 Å². The predicted octanol–water partition coefficient (Wildman–Crippen LogP) is 1.93. The van der Waals surface area contributed by atoms with Crippen LogP contribution in [0, 0.1) is 0 Å². The number of ether oxygens (including phenoxy) is 3. The van der Waals surface area contributed by atoms with Crippen LogP contribution < -0.4 is 19.9 Å². The van der Waals surface area contributed by atoms with Crippen molar-refractivity contribution in [1.29, 1.82) is 0 Å². The molecule has 0 aliphatic heterocycles. The highest BCUT2D eigenvalue weighted by molar-refractivity contribution is 9.10. The maximum Gasteiger partial charge on any atom is 0.203 e. The quantitative estimate of drug-likeness (QED) is 0.913. The summed E-state index contributed by atoms with van der Waals surface area (Å²) in [5.74, 6) is 1.77. The molecule has 0 aromatic heterocycles. The van der Waals surface area contributed by atoms with Gasteiger partial charge in [0.25, 0.3) is 0 Å². The molecule has 0 fully saturated rings. The van der Waals surface area contributed by atoms with Crippen LogP contribution in [0.5, 0.6) is 17.2 Å². The minimum atomic E-state index is 0.365. The van der Waals surface area contributed by atoms with Crippen molar-refractivity contribution in [3.05, 3.63) is 16.1 Å². The minimum Gasteiger partial charge on any atom is -0.493 e. The molecule has 0 heterocycles. The summed E-state index contributed by atoms with van der Waals surface area (Å²) in [5, 5.41) is 0. The van der Waals surface area contributed by atoms with E-state index in [0.29, 0.717) is 23.8 Å². The Hall–Kier alpha value is -0.940. The third kappa shape index (κ3) is 2.18. The van der Waals surface area contributed by atoms with E-state index in [1.54, 1.807) is 21.3 Å². The zero-order chi connectivity index (χ0) is 11.4. The second-order valence-corrected chi connectivity index (χ2v) is 3.66. The smallest absolute Gasteiger partial charge is 0.203 e. The predicted molar refractivity (Wildman–Crippen MR) is 61.7 cm³/mol. The SMILES string of the molecule is COc1cc(Br)c(CN)c(OC)c1OC. The van der Waals surface area contributed by atoms with Crippen LogP contribution in [0.4, 0.5) is 0 Å². The van der Waals surface area contributed by atoms with Gasteiger partial charge >= 0.3 is 0 Å². The Morgan fingerprint density at radius 2 is 1.73 bits per heavy atom. The zero-order valence-electron chi connectivity index (χ0n) is 8.96. The summed E-state index contributed by atoms with van der Waals surface area (Å²) >= 11 is 3.41. The summed E-state index contributed by atoms with van der Waals surface area (Å²) in [5.41, 5.74) is 6.49. The molecule has 0 unspecified atom stereocenters. The van der Waals surface area contributed by atoms with Crippen LogP contribution in [-0.4, -0.2) is 21.3 Å². The lowest BCUT2D eigenvalue weighted by atomic mass is 10.1. The first-order valence-corrected chi connectivity index (χ1v) is 5.16. The fraction of sp³-hybridized carbons (Fsp3) is 0.400. The molecule has 0 saturated heterocycles. The van der Waals surface area contributed by atoms with E-state index in [1.807, 2.05) is 6.07 Å². The Balaban J connectivity index is 3.44. The number of halogens is 1. The summed E-state index contributed by atoms with van der Waals surface area (Å²) in [7, 11) is 4.71. The fourth-order valence-corrected chi connectivity index (χ4v) is 1.93. The Morgan fingerprint density at radius 1 is 1.13 bits per heavy atom. The number of methoxy groups -OCH3 is 3. The summed E-state index contributed by atoms with van der Waals surface area (Å²) in [6.45, 7) is 0.365. The molecule has 4 nitrogen and oxygen atoms in total. The maximum absolute atomic E-state index is 5.64. The molecular formula is C10H14BrNO3. The van der Waals surface area contributed by atoms with Gasteiger partial charge in [-0.2, -0.15) is 0 Å². The highest BCUT2D eigenvalue weighted by Gasteiger charge is 2.18. The molecule has 0 amide bonds. The van der Waals surface area contributed by atoms with E-state index in [-0.39, 0.29) is 0 Å². The molecule has 0 radical (unpaired) electrons. The summed E-state index contributed by atoms with van der Waals surface area (Å²) in [4.78, 5) is 0. The standard InChI is InChI=1S/C10H14BrNO3/c1-13-8-4-7(11)6(5-12)9(14-2)10(8)15-3/h4H,5,12H2,1-3H3. The van der Waals surface area contributed by atoms with Gasteiger partial charge in [-0.3, -0.25) is 0 Å². The third-order valence-corrected chi connectivity index (χ3v) is 2.79. The molecular weight excluding hydrogens is 262 g/mol. The van der Waals surface area contributed by atoms with Crippen molar-refractivity contribution in [3.8, 4) is 17.2 Å². The molecule has 15 heavy (non-hydrogen) atoms. The molecule has 0 atom stereocenters. The first kappa shape index (κ1) is 12.1. The first-order valence-electron chi connectivity index (χ1n) is 4.37. The third-order valence-electron chi connectivity index (χ3n) is 2.08. The molecule has 0 bridgehead atoms. The molecule has 2 N–H and O–H groups in total. The Labute approximate surface area is 97.4 Å². The van der Waals surface area contributed by atoms with Crippen LogP contribution in [0.25, 0.3) is 0 Å². The normalized spacial score (nSPS) is 9.93. The molecule has 1 aromatic carbocycles. The van der Waals surface area contributed by atoms with Gasteiger partial charge in [0.1, 0.15) is 0 Å². The van der Waals surface area contributed by atoms with E-state index in [0.717, 1.165) is 10.0 Å². The fourth-order valence-electron chi connectivity index (χ4n) is 1.38. The molecule has 1 aromatic rings. The van der Waals surface area contributed by atoms with Gasteiger partial charge in [0.05, 0.1) is 21.3 Å². The second-order valence-electron chi connectivity index (χ2n) is 2.81. The Bertz CT molecular complexity index is 355. The molecule has 0 saturated carbocycles. The van der Waals surface area contributed by atoms with Gasteiger partial charge in [0.15, 0.2) is 11.5 Å². The van der Waals surface area contributed by atoms with Gasteiger partial charge in [-0.15, -0.1) is 0 Å². The van der Waals surface area contributed by atoms with Crippen LogP contribution in [0.1, 0.15) is 5.56 Å². The van der Waals surface area contributed by atoms with Crippen molar-refractivity contribution < 1.29 is 14.2 Å². The van der Waals surface area contributed by atoms with Gasteiger partial charge < -0.3 is 19.9 Å². The van der Waals surface area contributed by atoms with Crippen LogP contribution in [0.15, 0.2) is 10.5 Å². The number of hydrogen-bond acceptors (Lipinski definition) is 4. The average Bonchev–Trinajstić information content (AvgIpc) is 2.27. The van der Waals surface area contributed by atoms with Crippen molar-refractivity contribution in [2.75, 3.05) is 21.3 Å². The van der Waals surface area contributed by atoms with Gasteiger partial charge in [-0.05, 0) is 6.07 Å². The molecule has 0 spiro atoms. The molecule has 1 rings (SSSR count). The minimum absolute atomic E-state index is 0.365. The number of rotatable bonds is 4. The van der Waals surface area contributed by atoms with Crippen LogP contribution in [-0.2, 0) is 6.54 Å². The van der Waals surface area contributed by atoms with Crippen LogP contribution >= 0.6 is 15.9 Å².